The highest BCUT2D eigenvalue weighted by molar-refractivity contribution is 9.10. The molecule has 7 nitrogen and oxygen atoms in total. The number of anilines is 1. The van der Waals surface area contributed by atoms with Crippen LogP contribution in [0.5, 0.6) is 5.75 Å². The quantitative estimate of drug-likeness (QED) is 0.539. The number of carbonyl (C=O) groups excluding carboxylic acids is 1. The van der Waals surface area contributed by atoms with E-state index in [1.165, 1.54) is 0 Å². The van der Waals surface area contributed by atoms with Gasteiger partial charge >= 0.3 is 0 Å². The Hall–Kier alpha value is -3.26. The zero-order chi connectivity index (χ0) is 18.8. The number of fused-ring (bicyclic) bond motifs is 1. The number of amides is 1. The summed E-state index contributed by atoms with van der Waals surface area (Å²) in [5.74, 6) is 0.395. The number of methoxy groups -OCH3 is 1. The van der Waals surface area contributed by atoms with Gasteiger partial charge in [0.15, 0.2) is 5.65 Å². The van der Waals surface area contributed by atoms with E-state index in [4.69, 9.17) is 4.74 Å². The number of benzene rings is 2. The van der Waals surface area contributed by atoms with Gasteiger partial charge in [-0.2, -0.15) is 9.61 Å². The first kappa shape index (κ1) is 17.2. The first-order valence-electron chi connectivity index (χ1n) is 8.06. The first-order valence-corrected chi connectivity index (χ1v) is 8.86. The van der Waals surface area contributed by atoms with E-state index in [0.29, 0.717) is 27.1 Å². The van der Waals surface area contributed by atoms with E-state index in [1.54, 1.807) is 36.2 Å². The molecule has 4 rings (SSSR count). The zero-order valence-electron chi connectivity index (χ0n) is 14.3. The van der Waals surface area contributed by atoms with E-state index in [9.17, 15) is 4.79 Å². The van der Waals surface area contributed by atoms with E-state index < -0.39 is 0 Å². The molecular weight excluding hydrogens is 410 g/mol. The van der Waals surface area contributed by atoms with Crippen LogP contribution in [-0.2, 0) is 0 Å². The van der Waals surface area contributed by atoms with Crippen LogP contribution in [0.3, 0.4) is 0 Å². The Bertz CT molecular complexity index is 1120. The van der Waals surface area contributed by atoms with Crippen molar-refractivity contribution in [3.63, 3.8) is 0 Å². The third-order valence-corrected chi connectivity index (χ3v) is 4.71. The molecular formula is C19H14BrN5O2. The van der Waals surface area contributed by atoms with Crippen molar-refractivity contribution in [2.45, 2.75) is 0 Å². The number of rotatable bonds is 4. The third-order valence-electron chi connectivity index (χ3n) is 4.02. The normalized spacial score (nSPS) is 10.7. The van der Waals surface area contributed by atoms with Crippen molar-refractivity contribution in [2.75, 3.05) is 12.4 Å². The topological polar surface area (TPSA) is 81.4 Å². The van der Waals surface area contributed by atoms with Gasteiger partial charge in [0, 0.05) is 15.7 Å². The van der Waals surface area contributed by atoms with Crippen LogP contribution in [0, 0.1) is 0 Å². The summed E-state index contributed by atoms with van der Waals surface area (Å²) < 4.78 is 7.50. The summed E-state index contributed by atoms with van der Waals surface area (Å²) in [5.41, 5.74) is 3.58. The summed E-state index contributed by atoms with van der Waals surface area (Å²) in [7, 11) is 1.56. The number of halogens is 1. The summed E-state index contributed by atoms with van der Waals surface area (Å²) >= 11 is 3.39. The molecule has 0 unspecified atom stereocenters. The Kier molecular flexibility index (Phi) is 4.55. The Labute approximate surface area is 163 Å². The number of nitrogens with one attached hydrogen (secondary N) is 1. The summed E-state index contributed by atoms with van der Waals surface area (Å²) in [5, 5.41) is 15.1. The second-order valence-electron chi connectivity index (χ2n) is 5.73. The number of aromatic nitrogens is 4. The van der Waals surface area contributed by atoms with Crippen molar-refractivity contribution >= 4 is 33.2 Å². The van der Waals surface area contributed by atoms with E-state index in [1.807, 2.05) is 36.4 Å². The SMILES string of the molecule is COc1ccc(Br)c(C(=O)Nc2ccc(-c3ccc4nncn4n3)cc2)c1. The molecule has 0 spiro atoms. The van der Waals surface area contributed by atoms with Crippen LogP contribution in [0.2, 0.25) is 0 Å². The minimum Gasteiger partial charge on any atom is -0.497 e. The Morgan fingerprint density at radius 1 is 1.11 bits per heavy atom. The van der Waals surface area contributed by atoms with Gasteiger partial charge < -0.3 is 10.1 Å². The second-order valence-corrected chi connectivity index (χ2v) is 6.58. The number of nitrogens with zero attached hydrogens (tertiary/aromatic N) is 4. The van der Waals surface area contributed by atoms with Crippen LogP contribution < -0.4 is 10.1 Å². The molecule has 2 aromatic carbocycles. The Morgan fingerprint density at radius 3 is 2.70 bits per heavy atom. The predicted octanol–water partition coefficient (Wildman–Crippen LogP) is 3.81. The van der Waals surface area contributed by atoms with Crippen molar-refractivity contribution in [1.82, 2.24) is 19.8 Å². The fourth-order valence-corrected chi connectivity index (χ4v) is 3.04. The lowest BCUT2D eigenvalue weighted by Gasteiger charge is -2.09. The Morgan fingerprint density at radius 2 is 1.93 bits per heavy atom. The molecule has 27 heavy (non-hydrogen) atoms. The highest BCUT2D eigenvalue weighted by atomic mass is 79.9. The molecule has 1 N–H and O–H groups in total. The lowest BCUT2D eigenvalue weighted by atomic mass is 10.1. The van der Waals surface area contributed by atoms with Crippen molar-refractivity contribution in [1.29, 1.82) is 0 Å². The molecule has 0 aliphatic heterocycles. The van der Waals surface area contributed by atoms with Crippen LogP contribution >= 0.6 is 15.9 Å². The molecule has 0 saturated carbocycles. The molecule has 0 atom stereocenters. The van der Waals surface area contributed by atoms with Gasteiger partial charge in [-0.15, -0.1) is 10.2 Å². The van der Waals surface area contributed by atoms with Crippen LogP contribution in [-0.4, -0.2) is 32.8 Å². The lowest BCUT2D eigenvalue weighted by Crippen LogP contribution is -2.12. The average molecular weight is 424 g/mol. The summed E-state index contributed by atoms with van der Waals surface area (Å²) in [6.45, 7) is 0. The molecule has 0 aliphatic carbocycles. The van der Waals surface area contributed by atoms with Crippen LogP contribution in [0.15, 0.2) is 65.4 Å². The van der Waals surface area contributed by atoms with Gasteiger partial charge in [0.1, 0.15) is 12.1 Å². The van der Waals surface area contributed by atoms with E-state index in [2.05, 4.69) is 36.5 Å². The van der Waals surface area contributed by atoms with E-state index >= 15 is 0 Å². The smallest absolute Gasteiger partial charge is 0.256 e. The fourth-order valence-electron chi connectivity index (χ4n) is 2.61. The van der Waals surface area contributed by atoms with Crippen molar-refractivity contribution in [3.8, 4) is 17.0 Å². The molecule has 0 radical (unpaired) electrons. The molecule has 0 aliphatic rings. The van der Waals surface area contributed by atoms with Crippen molar-refractivity contribution < 1.29 is 9.53 Å². The molecule has 0 saturated heterocycles. The maximum absolute atomic E-state index is 12.5. The summed E-state index contributed by atoms with van der Waals surface area (Å²) in [6, 6.07) is 16.4. The van der Waals surface area contributed by atoms with E-state index in [0.717, 1.165) is 11.3 Å². The maximum atomic E-state index is 12.5. The summed E-state index contributed by atoms with van der Waals surface area (Å²) in [4.78, 5) is 12.5. The van der Waals surface area contributed by atoms with Crippen molar-refractivity contribution in [2.24, 2.45) is 0 Å². The maximum Gasteiger partial charge on any atom is 0.256 e. The van der Waals surface area contributed by atoms with Crippen LogP contribution in [0.1, 0.15) is 10.4 Å². The van der Waals surface area contributed by atoms with Crippen molar-refractivity contribution in [3.05, 3.63) is 71.0 Å². The van der Waals surface area contributed by atoms with Gasteiger partial charge in [-0.05, 0) is 58.4 Å². The predicted molar refractivity (Wildman–Crippen MR) is 105 cm³/mol. The van der Waals surface area contributed by atoms with E-state index in [-0.39, 0.29) is 5.91 Å². The Balaban J connectivity index is 1.54. The molecule has 134 valence electrons. The minimum absolute atomic E-state index is 0.224. The highest BCUT2D eigenvalue weighted by Gasteiger charge is 2.12. The van der Waals surface area contributed by atoms with Gasteiger partial charge in [-0.25, -0.2) is 0 Å². The van der Waals surface area contributed by atoms with Gasteiger partial charge in [-0.1, -0.05) is 12.1 Å². The number of ether oxygens (including phenoxy) is 1. The molecule has 8 heteroatoms. The molecule has 0 bridgehead atoms. The highest BCUT2D eigenvalue weighted by Crippen LogP contribution is 2.24. The van der Waals surface area contributed by atoms with Gasteiger partial charge in [0.05, 0.1) is 18.4 Å². The molecule has 0 fully saturated rings. The first-order chi connectivity index (χ1) is 13.1. The van der Waals surface area contributed by atoms with Gasteiger partial charge in [0.25, 0.3) is 5.91 Å². The van der Waals surface area contributed by atoms with Crippen LogP contribution in [0.4, 0.5) is 5.69 Å². The van der Waals surface area contributed by atoms with Crippen LogP contribution in [0.25, 0.3) is 16.9 Å². The minimum atomic E-state index is -0.224. The third kappa shape index (κ3) is 3.52. The average Bonchev–Trinajstić information content (AvgIpc) is 3.16. The number of carbonyl (C=O) groups is 1. The molecule has 2 aromatic heterocycles. The van der Waals surface area contributed by atoms with Gasteiger partial charge in [0.2, 0.25) is 0 Å². The lowest BCUT2D eigenvalue weighted by molar-refractivity contribution is 0.102. The number of hydrogen-bond donors (Lipinski definition) is 1. The standard InChI is InChI=1S/C19H14BrN5O2/c1-27-14-6-7-16(20)15(10-14)19(26)22-13-4-2-12(3-5-13)17-8-9-18-23-21-11-25(18)24-17/h2-11H,1H3,(H,22,26). The molecule has 2 heterocycles. The largest absolute Gasteiger partial charge is 0.497 e. The zero-order valence-corrected chi connectivity index (χ0v) is 15.8. The number of hydrogen-bond acceptors (Lipinski definition) is 5. The summed E-state index contributed by atoms with van der Waals surface area (Å²) in [6.07, 6.45) is 1.55. The fraction of sp³-hybridized carbons (Fsp3) is 0.0526. The monoisotopic (exact) mass is 423 g/mol. The van der Waals surface area contributed by atoms with Gasteiger partial charge in [-0.3, -0.25) is 4.79 Å². The molecule has 1 amide bonds. The molecule has 4 aromatic rings. The second kappa shape index (κ2) is 7.16.